The molecule has 1 aliphatic rings. The molecule has 3 nitrogen and oxygen atoms in total. The first-order chi connectivity index (χ1) is 14.3. The van der Waals surface area contributed by atoms with Gasteiger partial charge in [-0.2, -0.15) is 0 Å². The van der Waals surface area contributed by atoms with E-state index in [0.29, 0.717) is 11.5 Å². The number of para-hydroxylation sites is 1. The first-order valence-electron chi connectivity index (χ1n) is 11.1. The van der Waals surface area contributed by atoms with Gasteiger partial charge in [0.15, 0.2) is 0 Å². The molecule has 0 unspecified atom stereocenters. The van der Waals surface area contributed by atoms with E-state index in [1.807, 2.05) is 42.5 Å². The topological polar surface area (TPSA) is 42.0 Å². The van der Waals surface area contributed by atoms with Gasteiger partial charge in [0, 0.05) is 10.9 Å². The summed E-state index contributed by atoms with van der Waals surface area (Å²) in [4.78, 5) is 17.1. The molecule has 0 atom stereocenters. The van der Waals surface area contributed by atoms with Gasteiger partial charge >= 0.3 is 0 Å². The van der Waals surface area contributed by atoms with E-state index in [4.69, 9.17) is 0 Å². The fraction of sp³-hybridized carbons (Fsp3) is 0.385. The lowest BCUT2D eigenvalue weighted by Crippen LogP contribution is -2.12. The van der Waals surface area contributed by atoms with Crippen LogP contribution in [0.1, 0.15) is 79.6 Å². The molecular weight excluding hydrogens is 356 g/mol. The van der Waals surface area contributed by atoms with Crippen molar-refractivity contribution in [3.05, 3.63) is 71.9 Å². The Morgan fingerprint density at radius 1 is 0.828 bits per heavy atom. The van der Waals surface area contributed by atoms with E-state index in [2.05, 4.69) is 22.4 Å². The molecule has 1 N–H and O–H groups in total. The van der Waals surface area contributed by atoms with Crippen molar-refractivity contribution < 1.29 is 4.79 Å². The number of anilines is 1. The Labute approximate surface area is 173 Å². The summed E-state index contributed by atoms with van der Waals surface area (Å²) in [7, 11) is 0. The minimum absolute atomic E-state index is 0.0837. The van der Waals surface area contributed by atoms with E-state index in [0.717, 1.165) is 16.6 Å². The van der Waals surface area contributed by atoms with Crippen LogP contribution in [0.15, 0.2) is 60.8 Å². The molecule has 0 saturated heterocycles. The Bertz CT molecular complexity index is 938. The first kappa shape index (κ1) is 19.6. The van der Waals surface area contributed by atoms with Gasteiger partial charge in [-0.3, -0.25) is 9.78 Å². The molecule has 0 radical (unpaired) electrons. The lowest BCUT2D eigenvalue weighted by Gasteiger charge is -2.19. The second-order valence-electron chi connectivity index (χ2n) is 8.24. The molecule has 4 rings (SSSR count). The van der Waals surface area contributed by atoms with Gasteiger partial charge in [-0.25, -0.2) is 0 Å². The summed E-state index contributed by atoms with van der Waals surface area (Å²) in [6.45, 7) is 0. The maximum absolute atomic E-state index is 12.7. The minimum atomic E-state index is -0.0837. The maximum Gasteiger partial charge on any atom is 0.255 e. The number of nitrogens with one attached hydrogen (secondary N) is 1. The Hall–Kier alpha value is -2.68. The van der Waals surface area contributed by atoms with Crippen molar-refractivity contribution in [1.29, 1.82) is 0 Å². The monoisotopic (exact) mass is 386 g/mol. The van der Waals surface area contributed by atoms with Crippen LogP contribution in [-0.2, 0) is 0 Å². The Morgan fingerprint density at radius 3 is 2.21 bits per heavy atom. The fourth-order valence-electron chi connectivity index (χ4n) is 4.39. The summed E-state index contributed by atoms with van der Waals surface area (Å²) >= 11 is 0. The molecule has 1 fully saturated rings. The third kappa shape index (κ3) is 5.23. The van der Waals surface area contributed by atoms with Crippen LogP contribution >= 0.6 is 0 Å². The van der Waals surface area contributed by atoms with Crippen LogP contribution < -0.4 is 5.32 Å². The number of hydrogen-bond donors (Lipinski definition) is 1. The van der Waals surface area contributed by atoms with E-state index in [-0.39, 0.29) is 5.91 Å². The second-order valence-corrected chi connectivity index (χ2v) is 8.24. The number of carbonyl (C=O) groups is 1. The van der Waals surface area contributed by atoms with Gasteiger partial charge in [-0.15, -0.1) is 0 Å². The van der Waals surface area contributed by atoms with Gasteiger partial charge in [-0.1, -0.05) is 75.3 Å². The SMILES string of the molecule is O=C(Nc1cnc2ccccc2c1)c1ccc(C2CCCCCCCCC2)cc1. The molecule has 1 amide bonds. The number of hydrogen-bond acceptors (Lipinski definition) is 2. The molecule has 0 bridgehead atoms. The molecule has 1 heterocycles. The zero-order chi connectivity index (χ0) is 19.9. The van der Waals surface area contributed by atoms with Crippen molar-refractivity contribution in [3.63, 3.8) is 0 Å². The van der Waals surface area contributed by atoms with E-state index in [1.165, 1.54) is 63.4 Å². The van der Waals surface area contributed by atoms with Gasteiger partial charge in [0.1, 0.15) is 0 Å². The fourth-order valence-corrected chi connectivity index (χ4v) is 4.39. The van der Waals surface area contributed by atoms with Crippen LogP contribution in [0.4, 0.5) is 5.69 Å². The summed E-state index contributed by atoms with van der Waals surface area (Å²) < 4.78 is 0. The first-order valence-corrected chi connectivity index (χ1v) is 11.1. The molecule has 1 saturated carbocycles. The highest BCUT2D eigenvalue weighted by Gasteiger charge is 2.14. The largest absolute Gasteiger partial charge is 0.321 e. The van der Waals surface area contributed by atoms with Gasteiger partial charge in [0.2, 0.25) is 0 Å². The summed E-state index contributed by atoms with van der Waals surface area (Å²) in [5, 5.41) is 4.01. The number of amides is 1. The molecule has 3 heteroatoms. The van der Waals surface area contributed by atoms with Crippen molar-refractivity contribution >= 4 is 22.5 Å². The number of nitrogens with zero attached hydrogens (tertiary/aromatic N) is 1. The van der Waals surface area contributed by atoms with E-state index in [9.17, 15) is 4.79 Å². The zero-order valence-electron chi connectivity index (χ0n) is 17.1. The molecule has 0 spiro atoms. The van der Waals surface area contributed by atoms with Crippen molar-refractivity contribution in [2.75, 3.05) is 5.32 Å². The molecule has 0 aliphatic heterocycles. The summed E-state index contributed by atoms with van der Waals surface area (Å²) in [5.74, 6) is 0.550. The van der Waals surface area contributed by atoms with Crippen LogP contribution in [0, 0.1) is 0 Å². The lowest BCUT2D eigenvalue weighted by molar-refractivity contribution is 0.102. The number of pyridine rings is 1. The van der Waals surface area contributed by atoms with Gasteiger partial charge < -0.3 is 5.32 Å². The Balaban J connectivity index is 1.42. The summed E-state index contributed by atoms with van der Waals surface area (Å²) in [5.41, 5.74) is 3.74. The smallest absolute Gasteiger partial charge is 0.255 e. The lowest BCUT2D eigenvalue weighted by atomic mass is 9.86. The highest BCUT2D eigenvalue weighted by Crippen LogP contribution is 2.30. The predicted molar refractivity (Wildman–Crippen MR) is 120 cm³/mol. The number of carbonyl (C=O) groups excluding carboxylic acids is 1. The van der Waals surface area contributed by atoms with E-state index >= 15 is 0 Å². The van der Waals surface area contributed by atoms with Crippen molar-refractivity contribution in [1.82, 2.24) is 4.98 Å². The number of benzene rings is 2. The number of rotatable bonds is 3. The normalized spacial score (nSPS) is 16.4. The molecule has 3 aromatic rings. The quantitative estimate of drug-likeness (QED) is 0.522. The van der Waals surface area contributed by atoms with Crippen molar-refractivity contribution in [3.8, 4) is 0 Å². The van der Waals surface area contributed by atoms with Gasteiger partial charge in [-0.05, 0) is 48.6 Å². The van der Waals surface area contributed by atoms with E-state index in [1.54, 1.807) is 6.20 Å². The van der Waals surface area contributed by atoms with Crippen molar-refractivity contribution in [2.24, 2.45) is 0 Å². The van der Waals surface area contributed by atoms with Crippen LogP contribution in [0.3, 0.4) is 0 Å². The molecular formula is C26H30N2O. The van der Waals surface area contributed by atoms with E-state index < -0.39 is 0 Å². The zero-order valence-corrected chi connectivity index (χ0v) is 17.1. The standard InChI is InChI=1S/C26H30N2O/c29-26(28-24-18-23-12-8-9-13-25(23)27-19-24)22-16-14-21(15-17-22)20-10-6-4-2-1-3-5-7-11-20/h8-9,12-20H,1-7,10-11H2,(H,28,29). The number of aromatic nitrogens is 1. The van der Waals surface area contributed by atoms with Crippen LogP contribution in [0.2, 0.25) is 0 Å². The maximum atomic E-state index is 12.7. The minimum Gasteiger partial charge on any atom is -0.321 e. The van der Waals surface area contributed by atoms with Crippen LogP contribution in [-0.4, -0.2) is 10.9 Å². The van der Waals surface area contributed by atoms with Crippen molar-refractivity contribution in [2.45, 2.75) is 63.7 Å². The van der Waals surface area contributed by atoms with Crippen LogP contribution in [0.5, 0.6) is 0 Å². The molecule has 1 aliphatic carbocycles. The highest BCUT2D eigenvalue weighted by atomic mass is 16.1. The van der Waals surface area contributed by atoms with Gasteiger partial charge in [0.05, 0.1) is 17.4 Å². The predicted octanol–water partition coefficient (Wildman–Crippen LogP) is 7.10. The van der Waals surface area contributed by atoms with Crippen LogP contribution in [0.25, 0.3) is 10.9 Å². The summed E-state index contributed by atoms with van der Waals surface area (Å²) in [6, 6.07) is 18.1. The number of fused-ring (bicyclic) bond motifs is 1. The average molecular weight is 387 g/mol. The molecule has 150 valence electrons. The average Bonchev–Trinajstić information content (AvgIpc) is 2.77. The Kier molecular flexibility index (Phi) is 6.56. The highest BCUT2D eigenvalue weighted by molar-refractivity contribution is 6.04. The van der Waals surface area contributed by atoms with Gasteiger partial charge in [0.25, 0.3) is 5.91 Å². The second kappa shape index (κ2) is 9.69. The summed E-state index contributed by atoms with van der Waals surface area (Å²) in [6.07, 6.45) is 13.8. The molecule has 29 heavy (non-hydrogen) atoms. The molecule has 1 aromatic heterocycles. The molecule has 2 aromatic carbocycles. The Morgan fingerprint density at radius 2 is 1.48 bits per heavy atom. The third-order valence-corrected chi connectivity index (χ3v) is 6.10. The third-order valence-electron chi connectivity index (χ3n) is 6.10.